The van der Waals surface area contributed by atoms with E-state index < -0.39 is 17.8 Å². The van der Waals surface area contributed by atoms with E-state index >= 15 is 0 Å². The van der Waals surface area contributed by atoms with Crippen LogP contribution in [-0.2, 0) is 16.1 Å². The Morgan fingerprint density at radius 1 is 0.921 bits per heavy atom. The molecule has 0 spiro atoms. The summed E-state index contributed by atoms with van der Waals surface area (Å²) in [4.78, 5) is 39.7. The molecule has 1 N–H and O–H groups in total. The van der Waals surface area contributed by atoms with E-state index in [1.807, 2.05) is 74.0 Å². The number of rotatable bonds is 6. The van der Waals surface area contributed by atoms with Crippen LogP contribution in [0, 0.1) is 20.8 Å². The Bertz CT molecular complexity index is 1620. The van der Waals surface area contributed by atoms with Gasteiger partial charge in [-0.05, 0) is 61.7 Å². The molecule has 3 aromatic carbocycles. The Labute approximate surface area is 225 Å². The maximum atomic E-state index is 13.4. The summed E-state index contributed by atoms with van der Waals surface area (Å²) in [7, 11) is 0. The lowest BCUT2D eigenvalue weighted by Gasteiger charge is -2.26. The Morgan fingerprint density at radius 3 is 2.39 bits per heavy atom. The monoisotopic (exact) mass is 527 g/mol. The summed E-state index contributed by atoms with van der Waals surface area (Å²) >= 11 is 6.23. The van der Waals surface area contributed by atoms with Gasteiger partial charge in [0.15, 0.2) is 0 Å². The molecule has 0 bridgehead atoms. The molecule has 1 saturated heterocycles. The van der Waals surface area contributed by atoms with Crippen molar-refractivity contribution in [3.63, 3.8) is 0 Å². The van der Waals surface area contributed by atoms with Crippen molar-refractivity contribution >= 4 is 52.1 Å². The molecule has 1 aliphatic heterocycles. The predicted octanol–water partition coefficient (Wildman–Crippen LogP) is 5.97. The molecule has 0 saturated carbocycles. The average Bonchev–Trinajstić information content (AvgIpc) is 3.23. The molecule has 4 aromatic rings. The third-order valence-corrected chi connectivity index (χ3v) is 7.03. The summed E-state index contributed by atoms with van der Waals surface area (Å²) in [6.07, 6.45) is 3.41. The van der Waals surface area contributed by atoms with Crippen LogP contribution in [0.5, 0.6) is 5.75 Å². The molecule has 192 valence electrons. The smallest absolute Gasteiger partial charge is 0.335 e. The number of amides is 4. The zero-order valence-electron chi connectivity index (χ0n) is 21.2. The van der Waals surface area contributed by atoms with Crippen molar-refractivity contribution in [2.45, 2.75) is 27.3 Å². The van der Waals surface area contributed by atoms with Crippen molar-refractivity contribution < 1.29 is 19.1 Å². The van der Waals surface area contributed by atoms with Gasteiger partial charge in [0.25, 0.3) is 11.8 Å². The van der Waals surface area contributed by atoms with Gasteiger partial charge >= 0.3 is 6.03 Å². The molecule has 0 aliphatic carbocycles. The van der Waals surface area contributed by atoms with Crippen LogP contribution in [0.2, 0.25) is 5.02 Å². The second-order valence-electron chi connectivity index (χ2n) is 9.26. The van der Waals surface area contributed by atoms with Crippen molar-refractivity contribution in [1.82, 2.24) is 9.88 Å². The molecule has 1 aliphatic rings. The second-order valence-corrected chi connectivity index (χ2v) is 9.66. The lowest BCUT2D eigenvalue weighted by molar-refractivity contribution is -0.122. The van der Waals surface area contributed by atoms with Crippen molar-refractivity contribution in [3.05, 3.63) is 99.7 Å². The Balaban J connectivity index is 1.46. The number of hydrogen-bond donors (Lipinski definition) is 1. The third kappa shape index (κ3) is 4.68. The van der Waals surface area contributed by atoms with Crippen LogP contribution in [0.15, 0.2) is 72.4 Å². The maximum absolute atomic E-state index is 13.4. The van der Waals surface area contributed by atoms with Crippen molar-refractivity contribution in [1.29, 1.82) is 0 Å². The number of barbiturate groups is 1. The number of carbonyl (C=O) groups excluding carboxylic acids is 3. The van der Waals surface area contributed by atoms with Crippen LogP contribution in [0.3, 0.4) is 0 Å². The van der Waals surface area contributed by atoms with E-state index in [0.29, 0.717) is 23.7 Å². The van der Waals surface area contributed by atoms with Crippen LogP contribution < -0.4 is 15.0 Å². The number of urea groups is 1. The molecule has 0 unspecified atom stereocenters. The number of anilines is 1. The molecular weight excluding hydrogens is 502 g/mol. The fourth-order valence-electron chi connectivity index (χ4n) is 4.62. The summed E-state index contributed by atoms with van der Waals surface area (Å²) < 4.78 is 8.13. The largest absolute Gasteiger partial charge is 0.491 e. The molecule has 0 atom stereocenters. The van der Waals surface area contributed by atoms with Crippen LogP contribution in [0.4, 0.5) is 10.5 Å². The van der Waals surface area contributed by atoms with Gasteiger partial charge in [-0.15, -0.1) is 0 Å². The summed E-state index contributed by atoms with van der Waals surface area (Å²) in [6.45, 7) is 6.85. The number of imide groups is 2. The minimum atomic E-state index is -0.817. The summed E-state index contributed by atoms with van der Waals surface area (Å²) in [5.74, 6) is -0.588. The zero-order chi connectivity index (χ0) is 27.0. The summed E-state index contributed by atoms with van der Waals surface area (Å²) in [6, 6.07) is 17.8. The first-order valence-corrected chi connectivity index (χ1v) is 12.6. The van der Waals surface area contributed by atoms with E-state index in [4.69, 9.17) is 16.3 Å². The van der Waals surface area contributed by atoms with Gasteiger partial charge in [-0.25, -0.2) is 9.69 Å². The summed E-state index contributed by atoms with van der Waals surface area (Å²) in [5.41, 5.74) is 4.71. The van der Waals surface area contributed by atoms with Crippen molar-refractivity contribution in [2.24, 2.45) is 0 Å². The Morgan fingerprint density at radius 2 is 1.66 bits per heavy atom. The number of hydrogen-bond acceptors (Lipinski definition) is 4. The highest BCUT2D eigenvalue weighted by Crippen LogP contribution is 2.29. The van der Waals surface area contributed by atoms with Gasteiger partial charge in [-0.3, -0.25) is 14.9 Å². The van der Waals surface area contributed by atoms with Crippen LogP contribution in [0.25, 0.3) is 17.0 Å². The summed E-state index contributed by atoms with van der Waals surface area (Å²) in [5, 5.41) is 3.55. The highest BCUT2D eigenvalue weighted by atomic mass is 35.5. The minimum absolute atomic E-state index is 0.143. The van der Waals surface area contributed by atoms with Crippen LogP contribution >= 0.6 is 11.6 Å². The number of aromatic nitrogens is 1. The van der Waals surface area contributed by atoms with E-state index in [1.165, 1.54) is 12.1 Å². The van der Waals surface area contributed by atoms with E-state index in [9.17, 15) is 14.4 Å². The minimum Gasteiger partial charge on any atom is -0.491 e. The number of benzene rings is 3. The first-order chi connectivity index (χ1) is 18.2. The van der Waals surface area contributed by atoms with E-state index in [2.05, 4.69) is 5.32 Å². The highest BCUT2D eigenvalue weighted by Gasteiger charge is 2.37. The van der Waals surface area contributed by atoms with Crippen molar-refractivity contribution in [3.8, 4) is 5.75 Å². The SMILES string of the molecule is Cc1ccc(N2C(=O)NC(=O)C(=Cc3cn(CCOc4c(C)cccc4C)c4ccccc34)C2=O)cc1Cl. The standard InChI is InChI=1S/C30H26ClN3O4/c1-18-11-12-22(16-25(18)31)34-29(36)24(28(35)32-30(34)37)15-21-17-33(26-10-5-4-9-23(21)26)13-14-38-27-19(2)7-6-8-20(27)3/h4-12,15-17H,13-14H2,1-3H3,(H,32,35,37). The zero-order valence-corrected chi connectivity index (χ0v) is 22.0. The molecule has 2 heterocycles. The lowest BCUT2D eigenvalue weighted by Crippen LogP contribution is -2.54. The normalized spacial score (nSPS) is 14.9. The number of halogens is 1. The molecule has 4 amide bonds. The molecule has 8 heteroatoms. The molecular formula is C30H26ClN3O4. The van der Waals surface area contributed by atoms with Crippen LogP contribution in [-0.4, -0.2) is 29.0 Å². The number of aryl methyl sites for hydroxylation is 3. The molecule has 0 radical (unpaired) electrons. The molecule has 5 rings (SSSR count). The predicted molar refractivity (Wildman–Crippen MR) is 149 cm³/mol. The lowest BCUT2D eigenvalue weighted by atomic mass is 10.1. The fourth-order valence-corrected chi connectivity index (χ4v) is 4.79. The van der Waals surface area contributed by atoms with Gasteiger partial charge in [0.2, 0.25) is 0 Å². The highest BCUT2D eigenvalue weighted by molar-refractivity contribution is 6.39. The third-order valence-electron chi connectivity index (χ3n) is 6.62. The first kappa shape index (κ1) is 25.3. The van der Waals surface area contributed by atoms with Gasteiger partial charge in [0.1, 0.15) is 17.9 Å². The van der Waals surface area contributed by atoms with Gasteiger partial charge in [0, 0.05) is 27.7 Å². The quantitative estimate of drug-likeness (QED) is 0.247. The van der Waals surface area contributed by atoms with Gasteiger partial charge < -0.3 is 9.30 Å². The number of nitrogens with zero attached hydrogens (tertiary/aromatic N) is 2. The number of fused-ring (bicyclic) bond motifs is 1. The van der Waals surface area contributed by atoms with E-state index in [0.717, 1.165) is 38.2 Å². The van der Waals surface area contributed by atoms with E-state index in [1.54, 1.807) is 12.1 Å². The van der Waals surface area contributed by atoms with Gasteiger partial charge in [-0.2, -0.15) is 0 Å². The Kier molecular flexibility index (Phi) is 6.78. The number of carbonyl (C=O) groups is 3. The average molecular weight is 528 g/mol. The van der Waals surface area contributed by atoms with Gasteiger partial charge in [-0.1, -0.05) is 54.1 Å². The van der Waals surface area contributed by atoms with Gasteiger partial charge in [0.05, 0.1) is 12.2 Å². The number of nitrogens with one attached hydrogen (secondary N) is 1. The molecule has 7 nitrogen and oxygen atoms in total. The van der Waals surface area contributed by atoms with E-state index in [-0.39, 0.29) is 11.3 Å². The molecule has 1 aromatic heterocycles. The molecule has 1 fully saturated rings. The molecule has 38 heavy (non-hydrogen) atoms. The van der Waals surface area contributed by atoms with Crippen molar-refractivity contribution in [2.75, 3.05) is 11.5 Å². The fraction of sp³-hybridized carbons (Fsp3) is 0.167. The Hall–Kier alpha value is -4.36. The first-order valence-electron chi connectivity index (χ1n) is 12.2. The number of ether oxygens (including phenoxy) is 1. The second kappa shape index (κ2) is 10.2. The maximum Gasteiger partial charge on any atom is 0.335 e. The number of para-hydroxylation sites is 2. The van der Waals surface area contributed by atoms with Crippen LogP contribution in [0.1, 0.15) is 22.3 Å². The topological polar surface area (TPSA) is 80.6 Å².